The second-order valence-electron chi connectivity index (χ2n) is 6.92. The van der Waals surface area contributed by atoms with E-state index in [1.807, 2.05) is 24.3 Å². The number of nitro benzene ring substituents is 1. The van der Waals surface area contributed by atoms with E-state index in [1.54, 1.807) is 4.90 Å². The van der Waals surface area contributed by atoms with Crippen molar-refractivity contribution in [1.29, 1.82) is 0 Å². The highest BCUT2D eigenvalue weighted by atomic mass is 16.6. The molecular weight excluding hydrogens is 418 g/mol. The Balaban J connectivity index is 1.60. The maximum absolute atomic E-state index is 12.4. The number of nitrogens with one attached hydrogen (secondary N) is 2. The summed E-state index contributed by atoms with van der Waals surface area (Å²) >= 11 is 0. The number of hydrogen-bond donors (Lipinski definition) is 2. The molecule has 1 aromatic heterocycles. The van der Waals surface area contributed by atoms with E-state index >= 15 is 0 Å². The zero-order valence-corrected chi connectivity index (χ0v) is 16.6. The van der Waals surface area contributed by atoms with E-state index in [1.165, 1.54) is 30.6 Å². The third kappa shape index (κ3) is 4.01. The van der Waals surface area contributed by atoms with Crippen molar-refractivity contribution in [3.8, 4) is 0 Å². The highest BCUT2D eigenvalue weighted by molar-refractivity contribution is 5.95. The van der Waals surface area contributed by atoms with E-state index in [2.05, 4.69) is 20.8 Å². The minimum atomic E-state index is -0.641. The summed E-state index contributed by atoms with van der Waals surface area (Å²) in [6, 6.07) is 12.5. The summed E-state index contributed by atoms with van der Waals surface area (Å²) in [5.74, 6) is -0.708. The third-order valence-electron chi connectivity index (χ3n) is 4.99. The fraction of sp³-hybridized carbons (Fsp3) is 0.150. The molecule has 0 unspecified atom stereocenters. The molecule has 0 atom stereocenters. The number of amides is 1. The molecular formula is C20H17N7O5. The smallest absolute Gasteiger partial charge is 0.320 e. The van der Waals surface area contributed by atoms with E-state index < -0.39 is 15.8 Å². The quantitative estimate of drug-likeness (QED) is 0.438. The van der Waals surface area contributed by atoms with Gasteiger partial charge in [-0.1, -0.05) is 18.2 Å². The van der Waals surface area contributed by atoms with Crippen molar-refractivity contribution < 1.29 is 14.6 Å². The van der Waals surface area contributed by atoms with Crippen LogP contribution in [0.25, 0.3) is 0 Å². The summed E-state index contributed by atoms with van der Waals surface area (Å²) in [6.45, 7) is 0.545. The molecule has 2 heterocycles. The summed E-state index contributed by atoms with van der Waals surface area (Å²) < 4.78 is 0. The summed E-state index contributed by atoms with van der Waals surface area (Å²) in [6.07, 6.45) is 2.85. The van der Waals surface area contributed by atoms with E-state index in [0.29, 0.717) is 6.54 Å². The first kappa shape index (κ1) is 20.7. The Morgan fingerprint density at radius 3 is 2.47 bits per heavy atom. The molecule has 12 heteroatoms. The van der Waals surface area contributed by atoms with Gasteiger partial charge in [0.2, 0.25) is 11.6 Å². The normalized spacial score (nSPS) is 12.6. The molecule has 162 valence electrons. The Hall–Kier alpha value is -4.61. The van der Waals surface area contributed by atoms with Gasteiger partial charge in [0.15, 0.2) is 0 Å². The number of fused-ring (bicyclic) bond motifs is 1. The number of rotatable bonds is 6. The van der Waals surface area contributed by atoms with Crippen LogP contribution in [0.4, 0.5) is 28.7 Å². The lowest BCUT2D eigenvalue weighted by Crippen LogP contribution is -2.31. The molecule has 1 aliphatic rings. The minimum absolute atomic E-state index is 0.115. The van der Waals surface area contributed by atoms with E-state index in [-0.39, 0.29) is 28.6 Å². The molecule has 0 aliphatic carbocycles. The number of carbonyl (C=O) groups excluding carboxylic acids is 1. The van der Waals surface area contributed by atoms with Crippen LogP contribution in [0, 0.1) is 20.2 Å². The molecule has 3 aromatic rings. The van der Waals surface area contributed by atoms with Crippen LogP contribution in [0.2, 0.25) is 0 Å². The van der Waals surface area contributed by atoms with Crippen molar-refractivity contribution in [2.24, 2.45) is 0 Å². The van der Waals surface area contributed by atoms with Crippen molar-refractivity contribution in [2.45, 2.75) is 12.8 Å². The Labute approximate surface area is 181 Å². The number of aromatic nitrogens is 2. The van der Waals surface area contributed by atoms with Crippen LogP contribution in [0.3, 0.4) is 0 Å². The fourth-order valence-electron chi connectivity index (χ4n) is 3.50. The SMILES string of the molecule is O=C(NNc1ncnc(N2CCCc3ccccc32)c1[N+](=O)[O-])c1ccc([N+](=O)[O-])cc1. The molecule has 0 saturated heterocycles. The maximum Gasteiger partial charge on any atom is 0.355 e. The van der Waals surface area contributed by atoms with Crippen molar-refractivity contribution in [2.75, 3.05) is 16.9 Å². The van der Waals surface area contributed by atoms with Crippen LogP contribution in [0.1, 0.15) is 22.3 Å². The number of benzene rings is 2. The number of non-ortho nitro benzene ring substituents is 1. The summed E-state index contributed by atoms with van der Waals surface area (Å²) in [5, 5.41) is 22.6. The van der Waals surface area contributed by atoms with Crippen molar-refractivity contribution in [3.05, 3.63) is 86.2 Å². The zero-order chi connectivity index (χ0) is 22.7. The molecule has 0 spiro atoms. The van der Waals surface area contributed by atoms with Crippen molar-refractivity contribution in [1.82, 2.24) is 15.4 Å². The van der Waals surface area contributed by atoms with E-state index in [4.69, 9.17) is 0 Å². The lowest BCUT2D eigenvalue weighted by Gasteiger charge is -2.30. The molecule has 1 amide bonds. The number of anilines is 3. The highest BCUT2D eigenvalue weighted by Gasteiger charge is 2.30. The molecule has 12 nitrogen and oxygen atoms in total. The number of hydrogen-bond acceptors (Lipinski definition) is 9. The summed E-state index contributed by atoms with van der Waals surface area (Å²) in [7, 11) is 0. The number of nitro groups is 2. The molecule has 4 rings (SSSR count). The largest absolute Gasteiger partial charge is 0.355 e. The second kappa shape index (κ2) is 8.63. The van der Waals surface area contributed by atoms with Crippen LogP contribution < -0.4 is 15.8 Å². The van der Waals surface area contributed by atoms with Gasteiger partial charge in [-0.3, -0.25) is 35.9 Å². The number of nitrogens with zero attached hydrogens (tertiary/aromatic N) is 5. The molecule has 0 fully saturated rings. The fourth-order valence-corrected chi connectivity index (χ4v) is 3.50. The van der Waals surface area contributed by atoms with Crippen molar-refractivity contribution in [3.63, 3.8) is 0 Å². The number of hydrazine groups is 1. The molecule has 32 heavy (non-hydrogen) atoms. The summed E-state index contributed by atoms with van der Waals surface area (Å²) in [5.41, 5.74) is 6.30. The van der Waals surface area contributed by atoms with E-state index in [0.717, 1.165) is 24.1 Å². The van der Waals surface area contributed by atoms with Gasteiger partial charge in [0.1, 0.15) is 6.33 Å². The van der Waals surface area contributed by atoms with Crippen molar-refractivity contribution >= 4 is 34.6 Å². The number of para-hydroxylation sites is 1. The van der Waals surface area contributed by atoms with Gasteiger partial charge < -0.3 is 4.90 Å². The summed E-state index contributed by atoms with van der Waals surface area (Å²) in [4.78, 5) is 43.7. The van der Waals surface area contributed by atoms with Gasteiger partial charge in [0.05, 0.1) is 9.85 Å². The van der Waals surface area contributed by atoms with Gasteiger partial charge >= 0.3 is 5.69 Å². The average Bonchev–Trinajstić information content (AvgIpc) is 2.81. The standard InChI is InChI=1S/C20H17N7O5/c28-20(14-7-9-15(10-8-14)26(29)30)24-23-18-17(27(31)32)19(22-12-21-18)25-11-3-5-13-4-1-2-6-16(13)25/h1-2,4,6-10,12H,3,5,11H2,(H,24,28)(H,21,22,23). The number of carbonyl (C=O) groups is 1. The van der Waals surface area contributed by atoms with Crippen LogP contribution in [-0.4, -0.2) is 32.3 Å². The van der Waals surface area contributed by atoms with Gasteiger partial charge in [-0.15, -0.1) is 0 Å². The monoisotopic (exact) mass is 435 g/mol. The Bertz CT molecular complexity index is 1200. The van der Waals surface area contributed by atoms with E-state index in [9.17, 15) is 25.0 Å². The molecule has 1 aliphatic heterocycles. The first-order valence-electron chi connectivity index (χ1n) is 9.61. The Morgan fingerprint density at radius 2 is 1.75 bits per heavy atom. The Morgan fingerprint density at radius 1 is 1.00 bits per heavy atom. The van der Waals surface area contributed by atoms with Gasteiger partial charge in [-0.25, -0.2) is 9.97 Å². The molecule has 0 saturated carbocycles. The van der Waals surface area contributed by atoms with Gasteiger partial charge in [-0.2, -0.15) is 0 Å². The predicted octanol–water partition coefficient (Wildman–Crippen LogP) is 3.13. The molecule has 0 radical (unpaired) electrons. The van der Waals surface area contributed by atoms with Crippen LogP contribution in [-0.2, 0) is 6.42 Å². The molecule has 0 bridgehead atoms. The third-order valence-corrected chi connectivity index (χ3v) is 4.99. The zero-order valence-electron chi connectivity index (χ0n) is 16.6. The maximum atomic E-state index is 12.4. The average molecular weight is 435 g/mol. The second-order valence-corrected chi connectivity index (χ2v) is 6.92. The lowest BCUT2D eigenvalue weighted by atomic mass is 10.0. The molecule has 2 aromatic carbocycles. The van der Waals surface area contributed by atoms with Gasteiger partial charge in [0, 0.05) is 29.9 Å². The minimum Gasteiger partial charge on any atom is -0.320 e. The van der Waals surface area contributed by atoms with Gasteiger partial charge in [0.25, 0.3) is 11.6 Å². The van der Waals surface area contributed by atoms with Crippen LogP contribution in [0.15, 0.2) is 54.9 Å². The van der Waals surface area contributed by atoms with Gasteiger partial charge in [-0.05, 0) is 36.6 Å². The number of aryl methyl sites for hydroxylation is 1. The highest BCUT2D eigenvalue weighted by Crippen LogP contribution is 2.39. The van der Waals surface area contributed by atoms with Crippen LogP contribution >= 0.6 is 0 Å². The topological polar surface area (TPSA) is 156 Å². The first-order valence-corrected chi connectivity index (χ1v) is 9.61. The lowest BCUT2D eigenvalue weighted by molar-refractivity contribution is -0.384. The first-order chi connectivity index (χ1) is 15.5. The Kier molecular flexibility index (Phi) is 5.57. The predicted molar refractivity (Wildman–Crippen MR) is 115 cm³/mol. The van der Waals surface area contributed by atoms with Crippen LogP contribution in [0.5, 0.6) is 0 Å². The molecule has 2 N–H and O–H groups in total.